The van der Waals surface area contributed by atoms with E-state index in [1.54, 1.807) is 4.90 Å². The molecule has 1 amide bonds. The molecule has 2 atom stereocenters. The first-order valence-electron chi connectivity index (χ1n) is 8.92. The summed E-state index contributed by atoms with van der Waals surface area (Å²) in [7, 11) is 0. The van der Waals surface area contributed by atoms with Gasteiger partial charge >= 0.3 is 0 Å². The minimum absolute atomic E-state index is 0.108. The van der Waals surface area contributed by atoms with Gasteiger partial charge in [-0.1, -0.05) is 42.8 Å². The molecule has 2 aromatic rings. The van der Waals surface area contributed by atoms with Crippen LogP contribution in [0.15, 0.2) is 42.5 Å². The lowest BCUT2D eigenvalue weighted by Crippen LogP contribution is -2.37. The van der Waals surface area contributed by atoms with Crippen molar-refractivity contribution >= 4 is 23.2 Å². The van der Waals surface area contributed by atoms with Crippen molar-refractivity contribution in [2.75, 3.05) is 24.5 Å². The number of likely N-dealkylation sites (tertiary alicyclic amines) is 1. The number of amides is 1. The average Bonchev–Trinajstić information content (AvgIpc) is 3.24. The summed E-state index contributed by atoms with van der Waals surface area (Å²) >= 11 is 6.32. The molecule has 2 aromatic carbocycles. The van der Waals surface area contributed by atoms with Crippen LogP contribution in [0.4, 0.5) is 5.69 Å². The van der Waals surface area contributed by atoms with Gasteiger partial charge in [0.2, 0.25) is 5.91 Å². The largest absolute Gasteiger partial charge is 0.312 e. The van der Waals surface area contributed by atoms with E-state index < -0.39 is 0 Å². The van der Waals surface area contributed by atoms with E-state index >= 15 is 0 Å². The van der Waals surface area contributed by atoms with E-state index in [2.05, 4.69) is 19.2 Å². The van der Waals surface area contributed by atoms with E-state index in [1.807, 2.05) is 41.3 Å². The van der Waals surface area contributed by atoms with Crippen LogP contribution in [0.3, 0.4) is 0 Å². The summed E-state index contributed by atoms with van der Waals surface area (Å²) < 4.78 is 0. The van der Waals surface area contributed by atoms with Crippen molar-refractivity contribution in [1.82, 2.24) is 4.90 Å². The molecule has 0 aromatic heterocycles. The van der Waals surface area contributed by atoms with Gasteiger partial charge < -0.3 is 9.80 Å². The summed E-state index contributed by atoms with van der Waals surface area (Å²) in [6.07, 6.45) is 3.02. The topological polar surface area (TPSA) is 47.3 Å². The Labute approximate surface area is 158 Å². The second-order valence-corrected chi connectivity index (χ2v) is 7.56. The second kappa shape index (κ2) is 6.66. The zero-order chi connectivity index (χ0) is 18.3. The van der Waals surface area contributed by atoms with E-state index in [4.69, 9.17) is 16.9 Å². The number of halogens is 1. The van der Waals surface area contributed by atoms with Gasteiger partial charge in [-0.15, -0.1) is 0 Å². The minimum Gasteiger partial charge on any atom is -0.312 e. The SMILES string of the molecule is C[C@@H]1CN(C#N)CC1C(=O)N1CCc2cc(-c3ccccc3Cl)ccc21. The van der Waals surface area contributed by atoms with Crippen LogP contribution < -0.4 is 4.90 Å². The van der Waals surface area contributed by atoms with Crippen molar-refractivity contribution in [3.63, 3.8) is 0 Å². The highest BCUT2D eigenvalue weighted by Gasteiger charge is 2.38. The third-order valence-electron chi connectivity index (χ3n) is 5.50. The van der Waals surface area contributed by atoms with Crippen LogP contribution >= 0.6 is 11.6 Å². The zero-order valence-corrected chi connectivity index (χ0v) is 15.4. The lowest BCUT2D eigenvalue weighted by Gasteiger charge is -2.23. The molecule has 0 N–H and O–H groups in total. The molecule has 132 valence electrons. The van der Waals surface area contributed by atoms with E-state index in [1.165, 1.54) is 5.56 Å². The zero-order valence-electron chi connectivity index (χ0n) is 14.7. The molecule has 1 saturated heterocycles. The minimum atomic E-state index is -0.108. The maximum Gasteiger partial charge on any atom is 0.232 e. The third-order valence-corrected chi connectivity index (χ3v) is 5.83. The molecule has 0 radical (unpaired) electrons. The predicted octanol–water partition coefficient (Wildman–Crippen LogP) is 3.95. The van der Waals surface area contributed by atoms with Crippen LogP contribution in [-0.2, 0) is 11.2 Å². The molecule has 4 rings (SSSR count). The fourth-order valence-electron chi connectivity index (χ4n) is 4.06. The Morgan fingerprint density at radius 3 is 2.77 bits per heavy atom. The number of anilines is 1. The number of hydrogen-bond donors (Lipinski definition) is 0. The summed E-state index contributed by atoms with van der Waals surface area (Å²) in [4.78, 5) is 16.6. The van der Waals surface area contributed by atoms with Crippen LogP contribution in [-0.4, -0.2) is 30.4 Å². The van der Waals surface area contributed by atoms with Gasteiger partial charge in [-0.05, 0) is 41.7 Å². The Balaban J connectivity index is 1.60. The molecule has 0 saturated carbocycles. The summed E-state index contributed by atoms with van der Waals surface area (Å²) in [5.74, 6) is 0.233. The average molecular weight is 366 g/mol. The Morgan fingerprint density at radius 1 is 1.23 bits per heavy atom. The van der Waals surface area contributed by atoms with Crippen LogP contribution in [0.5, 0.6) is 0 Å². The van der Waals surface area contributed by atoms with Gasteiger partial charge in [0.15, 0.2) is 6.19 Å². The van der Waals surface area contributed by atoms with Crippen molar-refractivity contribution in [3.05, 3.63) is 53.1 Å². The highest BCUT2D eigenvalue weighted by molar-refractivity contribution is 6.33. The smallest absolute Gasteiger partial charge is 0.232 e. The molecule has 0 spiro atoms. The molecule has 0 bridgehead atoms. The van der Waals surface area contributed by atoms with Gasteiger partial charge in [0, 0.05) is 35.9 Å². The molecular formula is C21H20ClN3O. The Bertz CT molecular complexity index is 904. The number of rotatable bonds is 2. The molecule has 0 aliphatic carbocycles. The molecule has 4 nitrogen and oxygen atoms in total. The highest BCUT2D eigenvalue weighted by atomic mass is 35.5. The summed E-state index contributed by atoms with van der Waals surface area (Å²) in [5, 5.41) is 9.84. The fraction of sp³-hybridized carbons (Fsp3) is 0.333. The van der Waals surface area contributed by atoms with Gasteiger partial charge in [0.05, 0.1) is 5.92 Å². The number of carbonyl (C=O) groups is 1. The molecular weight excluding hydrogens is 346 g/mol. The standard InChI is InChI=1S/C21H20ClN3O/c1-14-11-24(13-23)12-18(14)21(26)25-9-8-16-10-15(6-7-20(16)25)17-4-2-3-5-19(17)22/h2-7,10,14,18H,8-9,11-12H2,1H3/t14-,18?/m1/s1. The van der Waals surface area contributed by atoms with Crippen LogP contribution in [0.25, 0.3) is 11.1 Å². The first-order valence-corrected chi connectivity index (χ1v) is 9.30. The normalized spacial score (nSPS) is 21.6. The van der Waals surface area contributed by atoms with E-state index in [9.17, 15) is 4.79 Å². The molecule has 2 aliphatic rings. The number of carbonyl (C=O) groups excluding carboxylic acids is 1. The molecule has 1 unspecified atom stereocenters. The number of fused-ring (bicyclic) bond motifs is 1. The Hall–Kier alpha value is -2.51. The maximum atomic E-state index is 13.1. The highest BCUT2D eigenvalue weighted by Crippen LogP contribution is 2.36. The third kappa shape index (κ3) is 2.83. The summed E-state index contributed by atoms with van der Waals surface area (Å²) in [6.45, 7) is 3.95. The molecule has 2 heterocycles. The Kier molecular flexibility index (Phi) is 4.34. The van der Waals surface area contributed by atoms with Gasteiger partial charge in [0.25, 0.3) is 0 Å². The van der Waals surface area contributed by atoms with E-state index in [0.29, 0.717) is 19.6 Å². The lowest BCUT2D eigenvalue weighted by atomic mass is 9.96. The predicted molar refractivity (Wildman–Crippen MR) is 103 cm³/mol. The number of hydrogen-bond acceptors (Lipinski definition) is 3. The van der Waals surface area contributed by atoms with E-state index in [-0.39, 0.29) is 17.7 Å². The first-order chi connectivity index (χ1) is 12.6. The Morgan fingerprint density at radius 2 is 2.04 bits per heavy atom. The molecule has 1 fully saturated rings. The monoisotopic (exact) mass is 365 g/mol. The van der Waals surface area contributed by atoms with Crippen LogP contribution in [0.2, 0.25) is 5.02 Å². The van der Waals surface area contributed by atoms with Gasteiger partial charge in [0.1, 0.15) is 0 Å². The number of benzene rings is 2. The number of nitrogens with zero attached hydrogens (tertiary/aromatic N) is 3. The van der Waals surface area contributed by atoms with Crippen molar-refractivity contribution in [1.29, 1.82) is 5.26 Å². The second-order valence-electron chi connectivity index (χ2n) is 7.15. The first kappa shape index (κ1) is 16.9. The van der Waals surface area contributed by atoms with Gasteiger partial charge in [-0.2, -0.15) is 5.26 Å². The van der Waals surface area contributed by atoms with Crippen molar-refractivity contribution in [3.8, 4) is 17.3 Å². The van der Waals surface area contributed by atoms with Crippen LogP contribution in [0.1, 0.15) is 12.5 Å². The lowest BCUT2D eigenvalue weighted by molar-refractivity contribution is -0.122. The van der Waals surface area contributed by atoms with Crippen molar-refractivity contribution in [2.45, 2.75) is 13.3 Å². The van der Waals surface area contributed by atoms with E-state index in [0.717, 1.165) is 28.3 Å². The van der Waals surface area contributed by atoms with Gasteiger partial charge in [-0.3, -0.25) is 4.79 Å². The summed E-state index contributed by atoms with van der Waals surface area (Å²) in [6, 6.07) is 14.0. The molecule has 5 heteroatoms. The quantitative estimate of drug-likeness (QED) is 0.757. The molecule has 26 heavy (non-hydrogen) atoms. The van der Waals surface area contributed by atoms with Crippen molar-refractivity contribution in [2.24, 2.45) is 11.8 Å². The number of nitriles is 1. The molecule has 2 aliphatic heterocycles. The fourth-order valence-corrected chi connectivity index (χ4v) is 4.31. The van der Waals surface area contributed by atoms with Crippen LogP contribution in [0, 0.1) is 23.3 Å². The maximum absolute atomic E-state index is 13.1. The van der Waals surface area contributed by atoms with Crippen molar-refractivity contribution < 1.29 is 4.79 Å². The van der Waals surface area contributed by atoms with Gasteiger partial charge in [-0.25, -0.2) is 0 Å². The summed E-state index contributed by atoms with van der Waals surface area (Å²) in [5.41, 5.74) is 4.26.